The van der Waals surface area contributed by atoms with Gasteiger partial charge in [0.15, 0.2) is 0 Å². The van der Waals surface area contributed by atoms with Gasteiger partial charge in [-0.1, -0.05) is 0 Å². The monoisotopic (exact) mass is 285 g/mol. The molecule has 1 N–H and O–H groups in total. The molecule has 0 amide bonds. The van der Waals surface area contributed by atoms with Crippen LogP contribution in [0.25, 0.3) is 0 Å². The average molecular weight is 285 g/mol. The van der Waals surface area contributed by atoms with Crippen LogP contribution in [0.15, 0.2) is 24.3 Å². The fraction of sp³-hybridized carbons (Fsp3) is 0.250. The quantitative estimate of drug-likeness (QED) is 0.911. The molecule has 0 saturated carbocycles. The summed E-state index contributed by atoms with van der Waals surface area (Å²) < 4.78 is 26.9. The maximum absolute atomic E-state index is 13.7. The van der Waals surface area contributed by atoms with Crippen molar-refractivity contribution in [3.05, 3.63) is 52.7 Å². The number of hydrogen-bond acceptors (Lipinski definition) is 3. The van der Waals surface area contributed by atoms with Crippen LogP contribution < -0.4 is 5.32 Å². The lowest BCUT2D eigenvalue weighted by Crippen LogP contribution is -2.09. The first-order chi connectivity index (χ1) is 10.2. The lowest BCUT2D eigenvalue weighted by Gasteiger charge is -2.17. The Balaban J connectivity index is 2.02. The molecule has 0 aliphatic heterocycles. The summed E-state index contributed by atoms with van der Waals surface area (Å²) in [6, 6.07) is 7.00. The van der Waals surface area contributed by atoms with Crippen molar-refractivity contribution in [2.24, 2.45) is 0 Å². The van der Waals surface area contributed by atoms with Crippen molar-refractivity contribution in [2.45, 2.75) is 25.7 Å². The second kappa shape index (κ2) is 5.49. The van der Waals surface area contributed by atoms with Crippen LogP contribution in [0.4, 0.5) is 20.3 Å². The molecule has 1 heterocycles. The third-order valence-corrected chi connectivity index (χ3v) is 3.60. The molecule has 3 nitrogen and oxygen atoms in total. The first kappa shape index (κ1) is 13.5. The highest BCUT2D eigenvalue weighted by Crippen LogP contribution is 2.27. The second-order valence-electron chi connectivity index (χ2n) is 5.06. The molecule has 0 radical (unpaired) electrons. The lowest BCUT2D eigenvalue weighted by atomic mass is 9.95. The number of aromatic nitrogens is 1. The van der Waals surface area contributed by atoms with Crippen molar-refractivity contribution in [1.82, 2.24) is 4.98 Å². The number of rotatable bonds is 2. The van der Waals surface area contributed by atoms with Crippen LogP contribution in [0.5, 0.6) is 0 Å². The smallest absolute Gasteiger partial charge is 0.148 e. The number of nitrogens with zero attached hydrogens (tertiary/aromatic N) is 2. The molecule has 1 aliphatic carbocycles. The molecule has 0 fully saturated rings. The predicted octanol–water partition coefficient (Wildman–Crippen LogP) is 3.85. The molecular formula is C16H13F2N3. The molecule has 0 unspecified atom stereocenters. The number of anilines is 2. The molecule has 1 aromatic heterocycles. The maximum atomic E-state index is 13.7. The summed E-state index contributed by atoms with van der Waals surface area (Å²) in [6.07, 6.45) is 3.90. The largest absolute Gasteiger partial charge is 0.337 e. The Hall–Kier alpha value is -2.48. The summed E-state index contributed by atoms with van der Waals surface area (Å²) in [5, 5.41) is 12.0. The van der Waals surface area contributed by atoms with Gasteiger partial charge in [0.25, 0.3) is 0 Å². The van der Waals surface area contributed by atoms with Crippen LogP contribution in [-0.4, -0.2) is 4.98 Å². The predicted molar refractivity (Wildman–Crippen MR) is 75.2 cm³/mol. The van der Waals surface area contributed by atoms with Gasteiger partial charge in [-0.05, 0) is 49.4 Å². The summed E-state index contributed by atoms with van der Waals surface area (Å²) in [5.74, 6) is -0.849. The lowest BCUT2D eigenvalue weighted by molar-refractivity contribution is 0.603. The van der Waals surface area contributed by atoms with E-state index >= 15 is 0 Å². The van der Waals surface area contributed by atoms with Gasteiger partial charge in [0.05, 0.1) is 11.3 Å². The van der Waals surface area contributed by atoms with Gasteiger partial charge in [0, 0.05) is 11.8 Å². The number of hydrogen-bond donors (Lipinski definition) is 1. The highest BCUT2D eigenvalue weighted by Gasteiger charge is 2.16. The molecule has 1 aromatic carbocycles. The topological polar surface area (TPSA) is 48.7 Å². The van der Waals surface area contributed by atoms with Gasteiger partial charge in [-0.25, -0.2) is 13.8 Å². The molecule has 106 valence electrons. The van der Waals surface area contributed by atoms with Crippen molar-refractivity contribution in [3.8, 4) is 6.07 Å². The Kier molecular flexibility index (Phi) is 3.53. The fourth-order valence-corrected chi connectivity index (χ4v) is 2.54. The molecule has 21 heavy (non-hydrogen) atoms. The first-order valence-electron chi connectivity index (χ1n) is 6.82. The van der Waals surface area contributed by atoms with Crippen molar-refractivity contribution < 1.29 is 8.78 Å². The van der Waals surface area contributed by atoms with E-state index in [4.69, 9.17) is 0 Å². The molecule has 0 spiro atoms. The first-order valence-corrected chi connectivity index (χ1v) is 6.82. The van der Waals surface area contributed by atoms with E-state index in [-0.39, 0.29) is 11.5 Å². The zero-order chi connectivity index (χ0) is 14.8. The van der Waals surface area contributed by atoms with Crippen LogP contribution in [-0.2, 0) is 12.8 Å². The van der Waals surface area contributed by atoms with E-state index < -0.39 is 11.6 Å². The minimum Gasteiger partial charge on any atom is -0.337 e. The Labute approximate surface area is 121 Å². The van der Waals surface area contributed by atoms with Gasteiger partial charge in [-0.15, -0.1) is 0 Å². The van der Waals surface area contributed by atoms with Gasteiger partial charge in [0.2, 0.25) is 0 Å². The standard InChI is InChI=1S/C16H13F2N3/c17-12-5-6-13(18)15(8-12)21-16-11(9-19)7-10-3-1-2-4-14(10)20-16/h5-8H,1-4H2,(H,20,21). The average Bonchev–Trinajstić information content (AvgIpc) is 2.50. The summed E-state index contributed by atoms with van der Waals surface area (Å²) in [7, 11) is 0. The number of halogens is 2. The van der Waals surface area contributed by atoms with E-state index in [1.807, 2.05) is 0 Å². The van der Waals surface area contributed by atoms with Crippen LogP contribution in [0.1, 0.15) is 29.7 Å². The van der Waals surface area contributed by atoms with E-state index in [1.54, 1.807) is 6.07 Å². The van der Waals surface area contributed by atoms with Crippen LogP contribution in [0.2, 0.25) is 0 Å². The molecule has 0 atom stereocenters. The Morgan fingerprint density at radius 2 is 1.95 bits per heavy atom. The van der Waals surface area contributed by atoms with Crippen molar-refractivity contribution in [3.63, 3.8) is 0 Å². The second-order valence-corrected chi connectivity index (χ2v) is 5.06. The SMILES string of the molecule is N#Cc1cc2c(nc1Nc1cc(F)ccc1F)CCCC2. The highest BCUT2D eigenvalue weighted by molar-refractivity contribution is 5.64. The van der Waals surface area contributed by atoms with Gasteiger partial charge >= 0.3 is 0 Å². The Morgan fingerprint density at radius 3 is 2.76 bits per heavy atom. The van der Waals surface area contributed by atoms with E-state index in [0.29, 0.717) is 5.56 Å². The minimum absolute atomic E-state index is 0.0187. The van der Waals surface area contributed by atoms with Crippen molar-refractivity contribution >= 4 is 11.5 Å². The molecule has 1 aliphatic rings. The molecule has 2 aromatic rings. The number of aryl methyl sites for hydroxylation is 2. The van der Waals surface area contributed by atoms with Crippen molar-refractivity contribution in [2.75, 3.05) is 5.32 Å². The Morgan fingerprint density at radius 1 is 1.14 bits per heavy atom. The van der Waals surface area contributed by atoms with E-state index in [1.165, 1.54) is 0 Å². The summed E-state index contributed by atoms with van der Waals surface area (Å²) in [5.41, 5.74) is 2.33. The molecule has 5 heteroatoms. The fourth-order valence-electron chi connectivity index (χ4n) is 2.54. The number of pyridine rings is 1. The highest BCUT2D eigenvalue weighted by atomic mass is 19.1. The number of nitriles is 1. The van der Waals surface area contributed by atoms with Crippen LogP contribution in [0, 0.1) is 23.0 Å². The van der Waals surface area contributed by atoms with E-state index in [9.17, 15) is 14.0 Å². The third-order valence-electron chi connectivity index (χ3n) is 3.60. The summed E-state index contributed by atoms with van der Waals surface area (Å²) in [6.45, 7) is 0. The molecular weight excluding hydrogens is 272 g/mol. The van der Waals surface area contributed by atoms with Crippen LogP contribution >= 0.6 is 0 Å². The van der Waals surface area contributed by atoms with Gasteiger partial charge in [0.1, 0.15) is 23.5 Å². The summed E-state index contributed by atoms with van der Waals surface area (Å²) in [4.78, 5) is 4.43. The number of nitrogens with one attached hydrogen (secondary N) is 1. The normalized spacial score (nSPS) is 13.4. The molecule has 0 saturated heterocycles. The van der Waals surface area contributed by atoms with E-state index in [0.717, 1.165) is 55.1 Å². The maximum Gasteiger partial charge on any atom is 0.148 e. The molecule has 3 rings (SSSR count). The number of benzene rings is 1. The summed E-state index contributed by atoms with van der Waals surface area (Å²) >= 11 is 0. The van der Waals surface area contributed by atoms with E-state index in [2.05, 4.69) is 16.4 Å². The van der Waals surface area contributed by atoms with Crippen molar-refractivity contribution in [1.29, 1.82) is 5.26 Å². The van der Waals surface area contributed by atoms with Gasteiger partial charge in [-0.2, -0.15) is 5.26 Å². The van der Waals surface area contributed by atoms with Gasteiger partial charge in [-0.3, -0.25) is 0 Å². The minimum atomic E-state index is -0.584. The van der Waals surface area contributed by atoms with Gasteiger partial charge < -0.3 is 5.32 Å². The zero-order valence-corrected chi connectivity index (χ0v) is 11.3. The van der Waals surface area contributed by atoms with Crippen LogP contribution in [0.3, 0.4) is 0 Å². The Bertz CT molecular complexity index is 735. The zero-order valence-electron chi connectivity index (χ0n) is 11.3. The number of fused-ring (bicyclic) bond motifs is 1. The molecule has 0 bridgehead atoms. The third kappa shape index (κ3) is 2.70.